The van der Waals surface area contributed by atoms with Crippen molar-refractivity contribution in [3.63, 3.8) is 0 Å². The summed E-state index contributed by atoms with van der Waals surface area (Å²) in [5, 5.41) is 9.55. The van der Waals surface area contributed by atoms with Gasteiger partial charge in [-0.2, -0.15) is 0 Å². The number of carbonyl (C=O) groups is 2. The Morgan fingerprint density at radius 2 is 0.880 bits per heavy atom. The predicted molar refractivity (Wildman–Crippen MR) is 214 cm³/mol. The molecule has 5 nitrogen and oxygen atoms in total. The number of ether oxygens (including phenoxy) is 2. The Kier molecular flexibility index (Phi) is 38.6. The maximum absolute atomic E-state index is 12.2. The quantitative estimate of drug-likeness (QED) is 0.0401. The van der Waals surface area contributed by atoms with Crippen molar-refractivity contribution < 1.29 is 24.2 Å². The van der Waals surface area contributed by atoms with Gasteiger partial charge in [0.25, 0.3) is 0 Å². The number of rotatable bonds is 36. The van der Waals surface area contributed by atoms with E-state index in [1.165, 1.54) is 89.9 Å². The third-order valence-corrected chi connectivity index (χ3v) is 8.48. The third-order valence-electron chi connectivity index (χ3n) is 8.48. The number of unbranched alkanes of at least 4 members (excludes halogenated alkanes) is 16. The number of aliphatic hydroxyl groups is 1. The molecule has 0 spiro atoms. The molecule has 5 heteroatoms. The van der Waals surface area contributed by atoms with Crippen molar-refractivity contribution in [1.29, 1.82) is 0 Å². The lowest BCUT2D eigenvalue weighted by atomic mass is 10.1. The number of allylic oxidation sites excluding steroid dienone is 12. The summed E-state index contributed by atoms with van der Waals surface area (Å²) in [5.41, 5.74) is 0. The molecule has 0 aliphatic carbocycles. The molecular formula is C45H76O5. The van der Waals surface area contributed by atoms with Gasteiger partial charge in [0, 0.05) is 12.8 Å². The molecule has 1 atom stereocenters. The highest BCUT2D eigenvalue weighted by molar-refractivity contribution is 5.70. The highest BCUT2D eigenvalue weighted by atomic mass is 16.6. The molecule has 0 fully saturated rings. The number of hydrogen-bond donors (Lipinski definition) is 1. The van der Waals surface area contributed by atoms with E-state index in [4.69, 9.17) is 9.47 Å². The summed E-state index contributed by atoms with van der Waals surface area (Å²) in [4.78, 5) is 24.3. The van der Waals surface area contributed by atoms with E-state index >= 15 is 0 Å². The minimum Gasteiger partial charge on any atom is -0.462 e. The summed E-state index contributed by atoms with van der Waals surface area (Å²) in [6, 6.07) is 0. The fourth-order valence-electron chi connectivity index (χ4n) is 5.41. The molecule has 0 aliphatic heterocycles. The molecular weight excluding hydrogens is 620 g/mol. The maximum atomic E-state index is 12.2. The molecule has 0 rings (SSSR count). The molecule has 0 bridgehead atoms. The van der Waals surface area contributed by atoms with Gasteiger partial charge in [0.05, 0.1) is 6.61 Å². The van der Waals surface area contributed by atoms with Crippen LogP contribution >= 0.6 is 0 Å². The molecule has 1 N–H and O–H groups in total. The smallest absolute Gasteiger partial charge is 0.306 e. The first-order valence-corrected chi connectivity index (χ1v) is 20.5. The Morgan fingerprint density at radius 3 is 1.38 bits per heavy atom. The van der Waals surface area contributed by atoms with Gasteiger partial charge in [-0.25, -0.2) is 0 Å². The van der Waals surface area contributed by atoms with E-state index in [0.717, 1.165) is 57.8 Å². The maximum Gasteiger partial charge on any atom is 0.306 e. The van der Waals surface area contributed by atoms with Crippen LogP contribution in [0.3, 0.4) is 0 Å². The van der Waals surface area contributed by atoms with E-state index in [0.29, 0.717) is 12.8 Å². The highest BCUT2D eigenvalue weighted by Crippen LogP contribution is 2.13. The van der Waals surface area contributed by atoms with Gasteiger partial charge in [-0.3, -0.25) is 9.59 Å². The minimum atomic E-state index is -0.804. The Balaban J connectivity index is 3.65. The Labute approximate surface area is 308 Å². The highest BCUT2D eigenvalue weighted by Gasteiger charge is 2.15. The van der Waals surface area contributed by atoms with Gasteiger partial charge in [-0.15, -0.1) is 0 Å². The second-order valence-electron chi connectivity index (χ2n) is 13.3. The number of esters is 2. The molecule has 0 heterocycles. The van der Waals surface area contributed by atoms with E-state index in [2.05, 4.69) is 86.8 Å². The van der Waals surface area contributed by atoms with Crippen LogP contribution in [0.1, 0.15) is 181 Å². The number of aliphatic hydroxyl groups excluding tert-OH is 1. The zero-order valence-corrected chi connectivity index (χ0v) is 32.4. The van der Waals surface area contributed by atoms with Crippen LogP contribution in [0.5, 0.6) is 0 Å². The SMILES string of the molecule is CC/C=C/C/C=C/C/C=C/C/C=C/C/C=C/CCCC(=O)O[C@@H](CO)COC(=O)CCCCCCCCCCC/C=C/CCCCCCCC. The lowest BCUT2D eigenvalue weighted by Crippen LogP contribution is -2.28. The van der Waals surface area contributed by atoms with Crippen molar-refractivity contribution in [2.75, 3.05) is 13.2 Å². The number of hydrogen-bond acceptors (Lipinski definition) is 5. The summed E-state index contributed by atoms with van der Waals surface area (Å²) in [7, 11) is 0. The van der Waals surface area contributed by atoms with Gasteiger partial charge in [0.2, 0.25) is 0 Å². The molecule has 0 aromatic rings. The Bertz CT molecular complexity index is 926. The lowest BCUT2D eigenvalue weighted by Gasteiger charge is -2.15. The largest absolute Gasteiger partial charge is 0.462 e. The fraction of sp³-hybridized carbons (Fsp3) is 0.689. The summed E-state index contributed by atoms with van der Waals surface area (Å²) in [5.74, 6) is -0.665. The first kappa shape index (κ1) is 47.3. The first-order valence-electron chi connectivity index (χ1n) is 20.5. The van der Waals surface area contributed by atoms with Gasteiger partial charge >= 0.3 is 11.9 Å². The lowest BCUT2D eigenvalue weighted by molar-refractivity contribution is -0.161. The van der Waals surface area contributed by atoms with Crippen molar-refractivity contribution >= 4 is 11.9 Å². The number of carbonyl (C=O) groups excluding carboxylic acids is 2. The molecule has 0 amide bonds. The summed E-state index contributed by atoms with van der Waals surface area (Å²) >= 11 is 0. The average molecular weight is 697 g/mol. The third kappa shape index (κ3) is 38.1. The van der Waals surface area contributed by atoms with Crippen LogP contribution in [0.15, 0.2) is 72.9 Å². The molecule has 0 radical (unpaired) electrons. The van der Waals surface area contributed by atoms with Gasteiger partial charge in [0.1, 0.15) is 6.61 Å². The summed E-state index contributed by atoms with van der Waals surface area (Å²) in [6.45, 7) is 3.96. The monoisotopic (exact) mass is 697 g/mol. The van der Waals surface area contributed by atoms with Crippen molar-refractivity contribution in [3.05, 3.63) is 72.9 Å². The Morgan fingerprint density at radius 1 is 0.480 bits per heavy atom. The second kappa shape index (κ2) is 40.8. The molecule has 0 aromatic carbocycles. The molecule has 50 heavy (non-hydrogen) atoms. The van der Waals surface area contributed by atoms with Crippen LogP contribution in [-0.4, -0.2) is 36.4 Å². The van der Waals surface area contributed by atoms with Gasteiger partial charge in [0.15, 0.2) is 6.10 Å². The zero-order chi connectivity index (χ0) is 36.4. The van der Waals surface area contributed by atoms with Gasteiger partial charge in [-0.05, 0) is 77.0 Å². The topological polar surface area (TPSA) is 72.8 Å². The average Bonchev–Trinajstić information content (AvgIpc) is 3.12. The van der Waals surface area contributed by atoms with Crippen molar-refractivity contribution in [2.24, 2.45) is 0 Å². The van der Waals surface area contributed by atoms with Crippen LogP contribution in [0.25, 0.3) is 0 Å². The van der Waals surface area contributed by atoms with Crippen LogP contribution in [0.2, 0.25) is 0 Å². The predicted octanol–water partition coefficient (Wildman–Crippen LogP) is 13.0. The minimum absolute atomic E-state index is 0.0925. The van der Waals surface area contributed by atoms with E-state index in [9.17, 15) is 14.7 Å². The van der Waals surface area contributed by atoms with Gasteiger partial charge in [-0.1, -0.05) is 164 Å². The standard InChI is InChI=1S/C45H76O5/c1-3-5-7-9-11-13-15-17-19-21-22-24-25-27-29-31-33-35-37-39-44(47)49-42-43(41-46)50-45(48)40-38-36-34-32-30-28-26-23-20-18-16-14-12-10-8-6-4-2/h6,8,12,14,17-20,26,28,32,34,43,46H,3-5,7,9-11,13,15-16,21-25,27,29-31,33,35-42H2,1-2H3/b8-6+,14-12+,19-17+,20-18+,28-26+,34-32+/t43-/m0/s1. The molecule has 0 saturated carbocycles. The Hall–Kier alpha value is -2.66. The van der Waals surface area contributed by atoms with E-state index in [1.807, 2.05) is 0 Å². The first-order chi connectivity index (χ1) is 24.6. The molecule has 286 valence electrons. The van der Waals surface area contributed by atoms with Crippen molar-refractivity contribution in [1.82, 2.24) is 0 Å². The molecule has 0 unspecified atom stereocenters. The second-order valence-corrected chi connectivity index (χ2v) is 13.3. The van der Waals surface area contributed by atoms with Crippen molar-refractivity contribution in [3.8, 4) is 0 Å². The summed E-state index contributed by atoms with van der Waals surface area (Å²) < 4.78 is 10.6. The van der Waals surface area contributed by atoms with E-state index in [-0.39, 0.29) is 31.6 Å². The van der Waals surface area contributed by atoms with Crippen LogP contribution < -0.4 is 0 Å². The van der Waals surface area contributed by atoms with Crippen LogP contribution in [0.4, 0.5) is 0 Å². The van der Waals surface area contributed by atoms with E-state index < -0.39 is 6.10 Å². The van der Waals surface area contributed by atoms with Crippen LogP contribution in [-0.2, 0) is 19.1 Å². The van der Waals surface area contributed by atoms with Crippen molar-refractivity contribution in [2.45, 2.75) is 187 Å². The van der Waals surface area contributed by atoms with Crippen LogP contribution in [0, 0.1) is 0 Å². The summed E-state index contributed by atoms with van der Waals surface area (Å²) in [6.07, 6.45) is 54.0. The normalized spacial score (nSPS) is 12.9. The molecule has 0 saturated heterocycles. The van der Waals surface area contributed by atoms with E-state index in [1.54, 1.807) is 0 Å². The van der Waals surface area contributed by atoms with Gasteiger partial charge < -0.3 is 14.6 Å². The molecule has 0 aromatic heterocycles. The molecule has 0 aliphatic rings. The fourth-order valence-corrected chi connectivity index (χ4v) is 5.41. The zero-order valence-electron chi connectivity index (χ0n) is 32.4.